The molecular weight excluding hydrogens is 440 g/mol. The summed E-state index contributed by atoms with van der Waals surface area (Å²) in [4.78, 5) is 21.9. The zero-order chi connectivity index (χ0) is 24.4. The van der Waals surface area contributed by atoms with E-state index in [1.54, 1.807) is 7.11 Å². The van der Waals surface area contributed by atoms with Gasteiger partial charge in [-0.2, -0.15) is 0 Å². The van der Waals surface area contributed by atoms with Crippen molar-refractivity contribution in [2.75, 3.05) is 33.3 Å². The van der Waals surface area contributed by atoms with Crippen LogP contribution >= 0.6 is 0 Å². The second-order valence-electron chi connectivity index (χ2n) is 8.99. The highest BCUT2D eigenvalue weighted by Crippen LogP contribution is 2.40. The lowest BCUT2D eigenvalue weighted by molar-refractivity contribution is 0.169. The maximum absolute atomic E-state index is 12.8. The van der Waals surface area contributed by atoms with Crippen LogP contribution in [0.1, 0.15) is 22.3 Å². The Balaban J connectivity index is 1.32. The number of amides is 2. The minimum atomic E-state index is -0.0387. The molecule has 35 heavy (non-hydrogen) atoms. The lowest BCUT2D eigenvalue weighted by atomic mass is 10.1. The van der Waals surface area contributed by atoms with Crippen LogP contribution in [-0.4, -0.2) is 55.0 Å². The van der Waals surface area contributed by atoms with Gasteiger partial charge in [-0.25, -0.2) is 9.79 Å². The van der Waals surface area contributed by atoms with Gasteiger partial charge in [-0.3, -0.25) is 0 Å². The zero-order valence-corrected chi connectivity index (χ0v) is 20.4. The maximum atomic E-state index is 12.8. The molecule has 1 saturated heterocycles. The fraction of sp³-hybridized carbons (Fsp3) is 0.286. The molecule has 0 spiro atoms. The summed E-state index contributed by atoms with van der Waals surface area (Å²) < 4.78 is 11.7. The van der Waals surface area contributed by atoms with Crippen LogP contribution in [0.3, 0.4) is 0 Å². The summed E-state index contributed by atoms with van der Waals surface area (Å²) >= 11 is 0. The van der Waals surface area contributed by atoms with Gasteiger partial charge in [0.1, 0.15) is 23.0 Å². The second kappa shape index (κ2) is 9.70. The molecule has 0 radical (unpaired) electrons. The van der Waals surface area contributed by atoms with Crippen molar-refractivity contribution in [2.45, 2.75) is 20.4 Å². The first-order chi connectivity index (χ1) is 17.0. The SMILES string of the molecule is COc1ccc2c(c1)Oc1cc(C)ccc1N=C2N1CCN(C(=O)NCc2cccc(C)c2)CC1. The molecule has 0 aromatic heterocycles. The molecule has 0 unspecified atom stereocenters. The maximum Gasteiger partial charge on any atom is 0.317 e. The highest BCUT2D eigenvalue weighted by Gasteiger charge is 2.28. The first-order valence-corrected chi connectivity index (χ1v) is 11.9. The number of piperazine rings is 1. The van der Waals surface area contributed by atoms with Gasteiger partial charge in [0.15, 0.2) is 5.75 Å². The van der Waals surface area contributed by atoms with E-state index in [0.717, 1.165) is 39.7 Å². The van der Waals surface area contributed by atoms with Crippen molar-refractivity contribution in [1.82, 2.24) is 15.1 Å². The number of carbonyl (C=O) groups excluding carboxylic acids is 1. The van der Waals surface area contributed by atoms with E-state index >= 15 is 0 Å². The highest BCUT2D eigenvalue weighted by molar-refractivity contribution is 6.04. The highest BCUT2D eigenvalue weighted by atomic mass is 16.5. The Morgan fingerprint density at radius 2 is 1.77 bits per heavy atom. The van der Waals surface area contributed by atoms with Crippen LogP contribution in [0.2, 0.25) is 0 Å². The third-order valence-electron chi connectivity index (χ3n) is 6.38. The van der Waals surface area contributed by atoms with Crippen molar-refractivity contribution in [1.29, 1.82) is 0 Å². The lowest BCUT2D eigenvalue weighted by Gasteiger charge is -2.36. The molecule has 7 heteroatoms. The Kier molecular flexibility index (Phi) is 6.31. The molecule has 1 N–H and O–H groups in total. The number of benzene rings is 3. The number of urea groups is 1. The summed E-state index contributed by atoms with van der Waals surface area (Å²) in [5.74, 6) is 3.02. The van der Waals surface area contributed by atoms with Crippen molar-refractivity contribution >= 4 is 17.6 Å². The second-order valence-corrected chi connectivity index (χ2v) is 8.99. The van der Waals surface area contributed by atoms with Gasteiger partial charge in [0.05, 0.1) is 12.7 Å². The van der Waals surface area contributed by atoms with E-state index in [4.69, 9.17) is 14.5 Å². The van der Waals surface area contributed by atoms with E-state index in [1.807, 2.05) is 60.4 Å². The van der Waals surface area contributed by atoms with Crippen LogP contribution in [0, 0.1) is 13.8 Å². The van der Waals surface area contributed by atoms with Gasteiger partial charge >= 0.3 is 6.03 Å². The number of aliphatic imine (C=N–C) groups is 1. The summed E-state index contributed by atoms with van der Waals surface area (Å²) in [6, 6.07) is 20.0. The van der Waals surface area contributed by atoms with Crippen molar-refractivity contribution in [3.8, 4) is 17.2 Å². The van der Waals surface area contributed by atoms with Gasteiger partial charge in [-0.05, 0) is 49.2 Å². The summed E-state index contributed by atoms with van der Waals surface area (Å²) in [7, 11) is 1.65. The molecule has 3 aromatic carbocycles. The average Bonchev–Trinajstić information content (AvgIpc) is 3.03. The Labute approximate surface area is 206 Å². The number of amidine groups is 1. The zero-order valence-electron chi connectivity index (χ0n) is 20.4. The van der Waals surface area contributed by atoms with Crippen LogP contribution < -0.4 is 14.8 Å². The van der Waals surface area contributed by atoms with Gasteiger partial charge in [-0.15, -0.1) is 0 Å². The molecule has 1 fully saturated rings. The Hall–Kier alpha value is -4.00. The predicted octanol–water partition coefficient (Wildman–Crippen LogP) is 5.02. The summed E-state index contributed by atoms with van der Waals surface area (Å²) in [6.07, 6.45) is 0. The van der Waals surface area contributed by atoms with Gasteiger partial charge in [0.25, 0.3) is 0 Å². The van der Waals surface area contributed by atoms with Crippen LogP contribution in [0.25, 0.3) is 0 Å². The quantitative estimate of drug-likeness (QED) is 0.584. The number of rotatable bonds is 3. The minimum absolute atomic E-state index is 0.0387. The Morgan fingerprint density at radius 3 is 2.54 bits per heavy atom. The number of fused-ring (bicyclic) bond motifs is 2. The molecule has 5 rings (SSSR count). The van der Waals surface area contributed by atoms with Crippen molar-refractivity contribution < 1.29 is 14.3 Å². The normalized spacial score (nSPS) is 14.8. The molecule has 0 saturated carbocycles. The minimum Gasteiger partial charge on any atom is -0.497 e. The molecular formula is C28H30N4O3. The standard InChI is InChI=1S/C28H30N4O3/c1-19-5-4-6-21(15-19)18-29-28(33)32-13-11-31(12-14-32)27-23-9-8-22(34-3)17-25(23)35-26-16-20(2)7-10-24(26)30-27/h4-10,15-17H,11-14,18H2,1-3H3,(H,29,33). The van der Waals surface area contributed by atoms with E-state index < -0.39 is 0 Å². The van der Waals surface area contributed by atoms with E-state index in [1.165, 1.54) is 5.56 Å². The van der Waals surface area contributed by atoms with E-state index in [9.17, 15) is 4.79 Å². The predicted molar refractivity (Wildman–Crippen MR) is 137 cm³/mol. The molecule has 180 valence electrons. The lowest BCUT2D eigenvalue weighted by Crippen LogP contribution is -2.53. The van der Waals surface area contributed by atoms with Gasteiger partial charge in [0.2, 0.25) is 0 Å². The van der Waals surface area contributed by atoms with Crippen LogP contribution in [0.4, 0.5) is 10.5 Å². The van der Waals surface area contributed by atoms with Crippen molar-refractivity contribution in [3.05, 3.63) is 82.9 Å². The number of ether oxygens (including phenoxy) is 2. The Morgan fingerprint density at radius 1 is 0.971 bits per heavy atom. The molecule has 0 aliphatic carbocycles. The molecule has 0 bridgehead atoms. The van der Waals surface area contributed by atoms with Crippen molar-refractivity contribution in [2.24, 2.45) is 4.99 Å². The number of hydrogen-bond donors (Lipinski definition) is 1. The monoisotopic (exact) mass is 470 g/mol. The number of carbonyl (C=O) groups is 1. The molecule has 3 aromatic rings. The largest absolute Gasteiger partial charge is 0.497 e. The van der Waals surface area contributed by atoms with E-state index in [-0.39, 0.29) is 6.03 Å². The van der Waals surface area contributed by atoms with Gasteiger partial charge in [-0.1, -0.05) is 35.9 Å². The van der Waals surface area contributed by atoms with Gasteiger partial charge < -0.3 is 24.6 Å². The van der Waals surface area contributed by atoms with Crippen LogP contribution in [-0.2, 0) is 6.54 Å². The fourth-order valence-corrected chi connectivity index (χ4v) is 4.46. The molecule has 2 aliphatic heterocycles. The molecule has 7 nitrogen and oxygen atoms in total. The number of hydrogen-bond acceptors (Lipinski definition) is 5. The number of nitrogens with zero attached hydrogens (tertiary/aromatic N) is 3. The third-order valence-corrected chi connectivity index (χ3v) is 6.38. The molecule has 2 aliphatic rings. The first kappa shape index (κ1) is 22.8. The summed E-state index contributed by atoms with van der Waals surface area (Å²) in [6.45, 7) is 7.22. The molecule has 0 atom stereocenters. The molecule has 2 amide bonds. The van der Waals surface area contributed by atoms with E-state index in [0.29, 0.717) is 38.5 Å². The third kappa shape index (κ3) is 4.94. The summed E-state index contributed by atoms with van der Waals surface area (Å²) in [5, 5.41) is 3.05. The number of nitrogens with one attached hydrogen (secondary N) is 1. The molecule has 2 heterocycles. The van der Waals surface area contributed by atoms with Crippen LogP contribution in [0.5, 0.6) is 17.2 Å². The number of aryl methyl sites for hydroxylation is 2. The average molecular weight is 471 g/mol. The fourth-order valence-electron chi connectivity index (χ4n) is 4.46. The van der Waals surface area contributed by atoms with Crippen molar-refractivity contribution in [3.63, 3.8) is 0 Å². The first-order valence-electron chi connectivity index (χ1n) is 11.9. The Bertz CT molecular complexity index is 1280. The van der Waals surface area contributed by atoms with E-state index in [2.05, 4.69) is 29.3 Å². The topological polar surface area (TPSA) is 66.4 Å². The number of methoxy groups -OCH3 is 1. The van der Waals surface area contributed by atoms with Crippen LogP contribution in [0.15, 0.2) is 65.7 Å². The summed E-state index contributed by atoms with van der Waals surface area (Å²) in [5.41, 5.74) is 5.10. The smallest absolute Gasteiger partial charge is 0.317 e. The van der Waals surface area contributed by atoms with Gasteiger partial charge in [0, 0.05) is 38.8 Å².